The number of para-hydroxylation sites is 1. The van der Waals surface area contributed by atoms with Gasteiger partial charge in [0.15, 0.2) is 0 Å². The number of amides is 2. The van der Waals surface area contributed by atoms with Gasteiger partial charge in [0, 0.05) is 18.1 Å². The van der Waals surface area contributed by atoms with Crippen molar-refractivity contribution < 1.29 is 4.79 Å². The lowest BCUT2D eigenvalue weighted by molar-refractivity contribution is 0.255. The molecule has 0 aliphatic rings. The van der Waals surface area contributed by atoms with Gasteiger partial charge in [0.25, 0.3) is 0 Å². The highest BCUT2D eigenvalue weighted by Crippen LogP contribution is 2.25. The van der Waals surface area contributed by atoms with Crippen LogP contribution in [0.15, 0.2) is 30.3 Å². The van der Waals surface area contributed by atoms with Gasteiger partial charge in [-0.05, 0) is 19.1 Å². The number of rotatable bonds is 1. The summed E-state index contributed by atoms with van der Waals surface area (Å²) in [6, 6.07) is 9.06. The molecule has 1 aromatic heterocycles. The number of nitrogens with zero attached hydrogens (tertiary/aromatic N) is 2. The SMILES string of the molecule is Cc1cc(N(C)C(N)=O)c2ccccc2n1. The number of urea groups is 1. The minimum Gasteiger partial charge on any atom is -0.351 e. The van der Waals surface area contributed by atoms with Crippen LogP contribution < -0.4 is 10.6 Å². The van der Waals surface area contributed by atoms with Crippen LogP contribution in [-0.4, -0.2) is 18.1 Å². The molecule has 0 saturated carbocycles. The molecule has 0 bridgehead atoms. The lowest BCUT2D eigenvalue weighted by Gasteiger charge is -2.17. The molecule has 0 unspecified atom stereocenters. The molecule has 0 saturated heterocycles. The molecule has 0 atom stereocenters. The Bertz CT molecular complexity index is 551. The molecule has 2 amide bonds. The summed E-state index contributed by atoms with van der Waals surface area (Å²) in [6.45, 7) is 1.89. The first kappa shape index (κ1) is 10.4. The molecule has 4 heteroatoms. The molecule has 16 heavy (non-hydrogen) atoms. The highest BCUT2D eigenvalue weighted by Gasteiger charge is 2.11. The Hall–Kier alpha value is -2.10. The van der Waals surface area contributed by atoms with Crippen LogP contribution in [-0.2, 0) is 0 Å². The van der Waals surface area contributed by atoms with Gasteiger partial charge < -0.3 is 5.73 Å². The zero-order valence-corrected chi connectivity index (χ0v) is 9.27. The van der Waals surface area contributed by atoms with E-state index in [4.69, 9.17) is 5.73 Å². The Labute approximate surface area is 93.7 Å². The fraction of sp³-hybridized carbons (Fsp3) is 0.167. The normalized spacial score (nSPS) is 10.4. The molecule has 1 aromatic carbocycles. The van der Waals surface area contributed by atoms with Gasteiger partial charge >= 0.3 is 6.03 Å². The number of anilines is 1. The summed E-state index contributed by atoms with van der Waals surface area (Å²) in [5.41, 5.74) is 7.79. The monoisotopic (exact) mass is 215 g/mol. The van der Waals surface area contributed by atoms with E-state index in [9.17, 15) is 4.79 Å². The molecule has 2 rings (SSSR count). The van der Waals surface area contributed by atoms with Crippen LogP contribution in [0.25, 0.3) is 10.9 Å². The number of pyridine rings is 1. The zero-order chi connectivity index (χ0) is 11.7. The van der Waals surface area contributed by atoms with E-state index in [1.165, 1.54) is 4.90 Å². The number of primary amides is 1. The van der Waals surface area contributed by atoms with Crippen LogP contribution in [0.2, 0.25) is 0 Å². The molecule has 0 aliphatic carbocycles. The van der Waals surface area contributed by atoms with Gasteiger partial charge in [-0.3, -0.25) is 9.88 Å². The van der Waals surface area contributed by atoms with Crippen LogP contribution in [0, 0.1) is 6.92 Å². The Kier molecular flexibility index (Phi) is 2.48. The number of fused-ring (bicyclic) bond motifs is 1. The maximum atomic E-state index is 11.2. The Morgan fingerprint density at radius 2 is 2.06 bits per heavy atom. The molecule has 0 fully saturated rings. The molecular weight excluding hydrogens is 202 g/mol. The van der Waals surface area contributed by atoms with E-state index in [0.29, 0.717) is 0 Å². The van der Waals surface area contributed by atoms with Crippen molar-refractivity contribution in [2.75, 3.05) is 11.9 Å². The molecule has 2 N–H and O–H groups in total. The van der Waals surface area contributed by atoms with Crippen molar-refractivity contribution in [2.24, 2.45) is 5.73 Å². The van der Waals surface area contributed by atoms with Gasteiger partial charge in [-0.1, -0.05) is 18.2 Å². The van der Waals surface area contributed by atoms with Gasteiger partial charge in [-0.15, -0.1) is 0 Å². The predicted octanol–water partition coefficient (Wildman–Crippen LogP) is 2.06. The number of hydrogen-bond donors (Lipinski definition) is 1. The smallest absolute Gasteiger partial charge is 0.319 e. The van der Waals surface area contributed by atoms with Crippen molar-refractivity contribution in [3.8, 4) is 0 Å². The van der Waals surface area contributed by atoms with Crippen LogP contribution >= 0.6 is 0 Å². The second-order valence-electron chi connectivity index (χ2n) is 3.70. The topological polar surface area (TPSA) is 59.2 Å². The number of benzene rings is 1. The maximum absolute atomic E-state index is 11.2. The number of carbonyl (C=O) groups excluding carboxylic acids is 1. The van der Waals surface area contributed by atoms with E-state index < -0.39 is 6.03 Å². The molecule has 4 nitrogen and oxygen atoms in total. The Morgan fingerprint density at radius 1 is 1.38 bits per heavy atom. The number of hydrogen-bond acceptors (Lipinski definition) is 2. The second-order valence-corrected chi connectivity index (χ2v) is 3.70. The van der Waals surface area contributed by atoms with Crippen LogP contribution in [0.4, 0.5) is 10.5 Å². The summed E-state index contributed by atoms with van der Waals surface area (Å²) in [4.78, 5) is 17.0. The van der Waals surface area contributed by atoms with E-state index in [1.54, 1.807) is 7.05 Å². The third kappa shape index (κ3) is 1.69. The minimum absolute atomic E-state index is 0.476. The van der Waals surface area contributed by atoms with Crippen molar-refractivity contribution in [1.29, 1.82) is 0 Å². The quantitative estimate of drug-likeness (QED) is 0.791. The van der Waals surface area contributed by atoms with Crippen molar-refractivity contribution in [3.05, 3.63) is 36.0 Å². The lowest BCUT2D eigenvalue weighted by atomic mass is 10.1. The minimum atomic E-state index is -0.476. The first-order chi connectivity index (χ1) is 7.59. The average molecular weight is 215 g/mol. The van der Waals surface area contributed by atoms with Crippen LogP contribution in [0.3, 0.4) is 0 Å². The van der Waals surface area contributed by atoms with Gasteiger partial charge in [0.1, 0.15) is 0 Å². The van der Waals surface area contributed by atoms with Crippen molar-refractivity contribution in [2.45, 2.75) is 6.92 Å². The Morgan fingerprint density at radius 3 is 2.75 bits per heavy atom. The molecular formula is C12H13N3O. The lowest BCUT2D eigenvalue weighted by Crippen LogP contribution is -2.32. The average Bonchev–Trinajstić information content (AvgIpc) is 2.26. The summed E-state index contributed by atoms with van der Waals surface area (Å²) in [5.74, 6) is 0. The summed E-state index contributed by atoms with van der Waals surface area (Å²) < 4.78 is 0. The molecule has 0 radical (unpaired) electrons. The van der Waals surface area contributed by atoms with Gasteiger partial charge in [-0.25, -0.2) is 4.79 Å². The fourth-order valence-corrected chi connectivity index (χ4v) is 1.68. The number of nitrogens with two attached hydrogens (primary N) is 1. The summed E-state index contributed by atoms with van der Waals surface area (Å²) in [5, 5.41) is 0.925. The molecule has 0 aliphatic heterocycles. The summed E-state index contributed by atoms with van der Waals surface area (Å²) in [7, 11) is 1.66. The third-order valence-electron chi connectivity index (χ3n) is 2.51. The van der Waals surface area contributed by atoms with Crippen LogP contribution in [0.1, 0.15) is 5.69 Å². The Balaban J connectivity index is 2.72. The van der Waals surface area contributed by atoms with Crippen molar-refractivity contribution in [1.82, 2.24) is 4.98 Å². The van der Waals surface area contributed by atoms with Gasteiger partial charge in [0.2, 0.25) is 0 Å². The molecule has 82 valence electrons. The highest BCUT2D eigenvalue weighted by atomic mass is 16.2. The second kappa shape index (κ2) is 3.81. The van der Waals surface area contributed by atoms with Crippen LogP contribution in [0.5, 0.6) is 0 Å². The number of aromatic nitrogens is 1. The fourth-order valence-electron chi connectivity index (χ4n) is 1.68. The van der Waals surface area contributed by atoms with E-state index in [0.717, 1.165) is 22.3 Å². The third-order valence-corrected chi connectivity index (χ3v) is 2.51. The van der Waals surface area contributed by atoms with Crippen molar-refractivity contribution in [3.63, 3.8) is 0 Å². The van der Waals surface area contributed by atoms with Gasteiger partial charge in [0.05, 0.1) is 11.2 Å². The van der Waals surface area contributed by atoms with E-state index in [-0.39, 0.29) is 0 Å². The largest absolute Gasteiger partial charge is 0.351 e. The molecule has 0 spiro atoms. The first-order valence-electron chi connectivity index (χ1n) is 4.99. The summed E-state index contributed by atoms with van der Waals surface area (Å²) in [6.07, 6.45) is 0. The predicted molar refractivity (Wildman–Crippen MR) is 64.5 cm³/mol. The van der Waals surface area contributed by atoms with E-state index in [1.807, 2.05) is 37.3 Å². The first-order valence-corrected chi connectivity index (χ1v) is 4.99. The highest BCUT2D eigenvalue weighted by molar-refractivity contribution is 6.01. The van der Waals surface area contributed by atoms with E-state index in [2.05, 4.69) is 4.98 Å². The standard InChI is InChI=1S/C12H13N3O/c1-8-7-11(15(2)12(13)16)9-5-3-4-6-10(9)14-8/h3-7H,1-2H3,(H2,13,16). The van der Waals surface area contributed by atoms with Gasteiger partial charge in [-0.2, -0.15) is 0 Å². The molecule has 2 aromatic rings. The maximum Gasteiger partial charge on any atom is 0.319 e. The number of aryl methyl sites for hydroxylation is 1. The summed E-state index contributed by atoms with van der Waals surface area (Å²) >= 11 is 0. The molecule has 1 heterocycles. The number of carbonyl (C=O) groups is 1. The van der Waals surface area contributed by atoms with Crippen molar-refractivity contribution >= 4 is 22.6 Å². The zero-order valence-electron chi connectivity index (χ0n) is 9.27. The van der Waals surface area contributed by atoms with E-state index >= 15 is 0 Å².